The molecule has 4 aromatic rings. The van der Waals surface area contributed by atoms with Crippen LogP contribution in [0.2, 0.25) is 0 Å². The number of aromatic nitrogens is 2. The van der Waals surface area contributed by atoms with Crippen LogP contribution in [0.15, 0.2) is 67.0 Å². The minimum atomic E-state index is -0.329. The van der Waals surface area contributed by atoms with Crippen molar-refractivity contribution in [3.05, 3.63) is 83.9 Å². The van der Waals surface area contributed by atoms with Gasteiger partial charge in [0, 0.05) is 18.0 Å². The second-order valence-electron chi connectivity index (χ2n) is 7.09. The summed E-state index contributed by atoms with van der Waals surface area (Å²) in [6, 6.07) is 15.3. The fourth-order valence-electron chi connectivity index (χ4n) is 3.11. The minimum Gasteiger partial charge on any atom is -0.494 e. The van der Waals surface area contributed by atoms with Crippen molar-refractivity contribution in [2.24, 2.45) is 0 Å². The summed E-state index contributed by atoms with van der Waals surface area (Å²) in [5.74, 6) is 0.126. The number of benzene rings is 2. The Hall–Kier alpha value is -3.32. The Kier molecular flexibility index (Phi) is 6.52. The highest BCUT2D eigenvalue weighted by Gasteiger charge is 2.22. The number of carbonyl (C=O) groups excluding carboxylic acids is 1. The second kappa shape index (κ2) is 9.66. The van der Waals surface area contributed by atoms with Crippen LogP contribution >= 0.6 is 11.3 Å². The van der Waals surface area contributed by atoms with Gasteiger partial charge in [0.25, 0.3) is 5.91 Å². The van der Waals surface area contributed by atoms with Crippen molar-refractivity contribution >= 4 is 32.6 Å². The van der Waals surface area contributed by atoms with Gasteiger partial charge in [0.05, 0.1) is 23.4 Å². The number of fused-ring (bicyclic) bond motifs is 1. The number of rotatable bonds is 8. The maximum atomic E-state index is 13.7. The van der Waals surface area contributed by atoms with Gasteiger partial charge in [-0.1, -0.05) is 36.8 Å². The number of amides is 1. The molecule has 0 atom stereocenters. The van der Waals surface area contributed by atoms with E-state index >= 15 is 0 Å². The molecule has 0 saturated heterocycles. The van der Waals surface area contributed by atoms with Crippen LogP contribution in [0.1, 0.15) is 35.7 Å². The molecule has 5 nitrogen and oxygen atoms in total. The number of carbonyl (C=O) groups is 1. The number of hydrogen-bond acceptors (Lipinski definition) is 5. The van der Waals surface area contributed by atoms with Crippen LogP contribution < -0.4 is 9.64 Å². The number of ether oxygens (including phenoxy) is 1. The fourth-order valence-corrected chi connectivity index (χ4v) is 4.10. The molecule has 0 bridgehead atoms. The Morgan fingerprint density at radius 3 is 2.87 bits per heavy atom. The predicted octanol–water partition coefficient (Wildman–Crippen LogP) is 5.86. The SMILES string of the molecule is CCCCOc1cccc(C(=O)N(Cc2cccnc2)c2nc3ccc(F)cc3s2)c1. The van der Waals surface area contributed by atoms with Crippen LogP contribution in [0.25, 0.3) is 10.2 Å². The topological polar surface area (TPSA) is 55.3 Å². The van der Waals surface area contributed by atoms with Gasteiger partial charge in [-0.3, -0.25) is 14.7 Å². The standard InChI is InChI=1S/C24H22FN3O2S/c1-2-3-12-30-20-8-4-7-18(13-20)23(29)28(16-17-6-5-11-26-15-17)24-27-21-10-9-19(25)14-22(21)31-24/h4-11,13-15H,2-3,12,16H2,1H3. The van der Waals surface area contributed by atoms with Gasteiger partial charge in [0.2, 0.25) is 0 Å². The summed E-state index contributed by atoms with van der Waals surface area (Å²) >= 11 is 1.29. The van der Waals surface area contributed by atoms with E-state index in [1.165, 1.54) is 23.5 Å². The van der Waals surface area contributed by atoms with Crippen molar-refractivity contribution in [1.29, 1.82) is 0 Å². The molecule has 0 aliphatic carbocycles. The first kappa shape index (κ1) is 20.9. The summed E-state index contributed by atoms with van der Waals surface area (Å²) in [5.41, 5.74) is 2.03. The number of halogens is 1. The highest BCUT2D eigenvalue weighted by molar-refractivity contribution is 7.22. The number of pyridine rings is 1. The van der Waals surface area contributed by atoms with E-state index in [1.807, 2.05) is 24.3 Å². The molecule has 0 unspecified atom stereocenters. The highest BCUT2D eigenvalue weighted by atomic mass is 32.1. The van der Waals surface area contributed by atoms with E-state index in [4.69, 9.17) is 4.74 Å². The van der Waals surface area contributed by atoms with Crippen LogP contribution in [0.3, 0.4) is 0 Å². The Morgan fingerprint density at radius 2 is 2.06 bits per heavy atom. The van der Waals surface area contributed by atoms with Crippen molar-refractivity contribution in [3.63, 3.8) is 0 Å². The average Bonchev–Trinajstić information content (AvgIpc) is 3.21. The minimum absolute atomic E-state index is 0.204. The molecule has 2 aromatic heterocycles. The number of anilines is 1. The van der Waals surface area contributed by atoms with E-state index in [-0.39, 0.29) is 11.7 Å². The van der Waals surface area contributed by atoms with E-state index in [9.17, 15) is 9.18 Å². The Bertz CT molecular complexity index is 1180. The number of nitrogens with zero attached hydrogens (tertiary/aromatic N) is 3. The summed E-state index contributed by atoms with van der Waals surface area (Å²) in [6.45, 7) is 3.01. The van der Waals surface area contributed by atoms with Crippen LogP contribution in [0.4, 0.5) is 9.52 Å². The third kappa shape index (κ3) is 5.06. The van der Waals surface area contributed by atoms with Crippen molar-refractivity contribution in [2.45, 2.75) is 26.3 Å². The quantitative estimate of drug-likeness (QED) is 0.326. The largest absolute Gasteiger partial charge is 0.494 e. The molecular weight excluding hydrogens is 413 g/mol. The lowest BCUT2D eigenvalue weighted by Crippen LogP contribution is -2.30. The second-order valence-corrected chi connectivity index (χ2v) is 8.10. The Labute approximate surface area is 184 Å². The summed E-state index contributed by atoms with van der Waals surface area (Å²) in [5, 5.41) is 0.506. The van der Waals surface area contributed by atoms with Gasteiger partial charge in [0.15, 0.2) is 5.13 Å². The molecular formula is C24H22FN3O2S. The maximum absolute atomic E-state index is 13.7. The molecule has 0 saturated carbocycles. The molecule has 0 aliphatic heterocycles. The zero-order chi connectivity index (χ0) is 21.6. The van der Waals surface area contributed by atoms with Crippen LogP contribution in [-0.4, -0.2) is 22.5 Å². The molecule has 0 radical (unpaired) electrons. The van der Waals surface area contributed by atoms with Crippen molar-refractivity contribution in [3.8, 4) is 5.75 Å². The van der Waals surface area contributed by atoms with Crippen molar-refractivity contribution in [1.82, 2.24) is 9.97 Å². The molecule has 158 valence electrons. The summed E-state index contributed by atoms with van der Waals surface area (Å²) in [6.07, 6.45) is 5.40. The molecule has 2 heterocycles. The molecule has 0 N–H and O–H groups in total. The van der Waals surface area contributed by atoms with Crippen LogP contribution in [-0.2, 0) is 6.54 Å². The predicted molar refractivity (Wildman–Crippen MR) is 121 cm³/mol. The first-order valence-corrected chi connectivity index (χ1v) is 11.0. The fraction of sp³-hybridized carbons (Fsp3) is 0.208. The normalized spacial score (nSPS) is 10.9. The Balaban J connectivity index is 1.68. The number of unbranched alkanes of at least 4 members (excludes halogenated alkanes) is 1. The van der Waals surface area contributed by atoms with Gasteiger partial charge in [0.1, 0.15) is 11.6 Å². The summed E-state index contributed by atoms with van der Waals surface area (Å²) in [4.78, 5) is 23.9. The van der Waals surface area contributed by atoms with Gasteiger partial charge >= 0.3 is 0 Å². The van der Waals surface area contributed by atoms with E-state index in [0.717, 1.165) is 18.4 Å². The highest BCUT2D eigenvalue weighted by Crippen LogP contribution is 2.31. The molecule has 7 heteroatoms. The molecule has 0 aliphatic rings. The van der Waals surface area contributed by atoms with Crippen LogP contribution in [0.5, 0.6) is 5.75 Å². The first-order chi connectivity index (χ1) is 15.1. The molecule has 4 rings (SSSR count). The molecule has 2 aromatic carbocycles. The number of hydrogen-bond donors (Lipinski definition) is 0. The lowest BCUT2D eigenvalue weighted by Gasteiger charge is -2.20. The average molecular weight is 436 g/mol. The number of thiazole rings is 1. The smallest absolute Gasteiger partial charge is 0.260 e. The third-order valence-electron chi connectivity index (χ3n) is 4.73. The van der Waals surface area contributed by atoms with Crippen molar-refractivity contribution < 1.29 is 13.9 Å². The Morgan fingerprint density at radius 1 is 1.16 bits per heavy atom. The summed E-state index contributed by atoms with van der Waals surface area (Å²) in [7, 11) is 0. The monoisotopic (exact) mass is 435 g/mol. The van der Waals surface area contributed by atoms with Gasteiger partial charge in [-0.05, 0) is 54.4 Å². The van der Waals surface area contributed by atoms with E-state index < -0.39 is 0 Å². The molecule has 0 fully saturated rings. The summed E-state index contributed by atoms with van der Waals surface area (Å²) < 4.78 is 20.1. The molecule has 31 heavy (non-hydrogen) atoms. The van der Waals surface area contributed by atoms with E-state index in [2.05, 4.69) is 16.9 Å². The van der Waals surface area contributed by atoms with E-state index in [1.54, 1.807) is 35.5 Å². The first-order valence-electron chi connectivity index (χ1n) is 10.1. The van der Waals surface area contributed by atoms with Gasteiger partial charge in [-0.15, -0.1) is 0 Å². The van der Waals surface area contributed by atoms with Gasteiger partial charge in [-0.2, -0.15) is 0 Å². The van der Waals surface area contributed by atoms with Crippen molar-refractivity contribution in [2.75, 3.05) is 11.5 Å². The van der Waals surface area contributed by atoms with Crippen LogP contribution in [0, 0.1) is 5.82 Å². The molecule has 0 spiro atoms. The lowest BCUT2D eigenvalue weighted by molar-refractivity contribution is 0.0984. The van der Waals surface area contributed by atoms with Gasteiger partial charge in [-0.25, -0.2) is 9.37 Å². The maximum Gasteiger partial charge on any atom is 0.260 e. The van der Waals surface area contributed by atoms with E-state index in [0.29, 0.717) is 39.8 Å². The third-order valence-corrected chi connectivity index (χ3v) is 5.77. The molecule has 1 amide bonds. The van der Waals surface area contributed by atoms with Gasteiger partial charge < -0.3 is 4.74 Å². The lowest BCUT2D eigenvalue weighted by atomic mass is 10.1. The zero-order valence-corrected chi connectivity index (χ0v) is 17.9. The zero-order valence-electron chi connectivity index (χ0n) is 17.1.